The molecule has 1 atom stereocenters. The molecule has 6 heteroatoms. The van der Waals surface area contributed by atoms with E-state index in [9.17, 15) is 8.42 Å². The Balaban J connectivity index is 1.77. The van der Waals surface area contributed by atoms with Gasteiger partial charge in [-0.3, -0.25) is 0 Å². The number of sulfone groups is 1. The summed E-state index contributed by atoms with van der Waals surface area (Å²) in [5.74, 6) is -0.477. The van der Waals surface area contributed by atoms with Crippen LogP contribution in [0.1, 0.15) is 17.2 Å². The number of ether oxygens (including phenoxy) is 2. The number of rotatable bonds is 10. The Morgan fingerprint density at radius 3 is 1.83 bits per heavy atom. The van der Waals surface area contributed by atoms with Gasteiger partial charge in [-0.1, -0.05) is 97.1 Å². The van der Waals surface area contributed by atoms with E-state index in [0.29, 0.717) is 11.3 Å². The topological polar surface area (TPSA) is 52.6 Å². The van der Waals surface area contributed by atoms with Gasteiger partial charge in [0.05, 0.1) is 11.5 Å². The summed E-state index contributed by atoms with van der Waals surface area (Å²) in [5.41, 5.74) is 1.34. The molecule has 0 N–H and O–H groups in total. The van der Waals surface area contributed by atoms with E-state index in [0.717, 1.165) is 5.56 Å². The number of benzene rings is 4. The van der Waals surface area contributed by atoms with E-state index in [2.05, 4.69) is 0 Å². The minimum absolute atomic E-state index is 0.0170. The van der Waals surface area contributed by atoms with Crippen LogP contribution in [0, 0.1) is 0 Å². The maximum Gasteiger partial charge on any atom is 0.208 e. The van der Waals surface area contributed by atoms with E-state index in [-0.39, 0.29) is 11.5 Å². The van der Waals surface area contributed by atoms with Gasteiger partial charge in [0.1, 0.15) is 23.4 Å². The Morgan fingerprint density at radius 2 is 1.23 bits per heavy atom. The standard InChI is InChI=1S/C29H25FO4S/c30-28(29(24-15-7-2-8-16-24)34-21-23-13-5-1-6-14-23)27(22-33-25-17-9-3-10-18-25)35(31,32)26-19-11-4-12-20-26/h1-20,29H,21-22H2/b28-27+. The quantitative estimate of drug-likeness (QED) is 0.250. The van der Waals surface area contributed by atoms with E-state index in [1.54, 1.807) is 72.8 Å². The lowest BCUT2D eigenvalue weighted by atomic mass is 10.1. The van der Waals surface area contributed by atoms with Crippen LogP contribution in [-0.2, 0) is 21.2 Å². The Hall–Kier alpha value is -3.74. The van der Waals surface area contributed by atoms with Gasteiger partial charge in [0.2, 0.25) is 9.84 Å². The zero-order chi connectivity index (χ0) is 24.5. The fraction of sp³-hybridized carbons (Fsp3) is 0.103. The summed E-state index contributed by atoms with van der Waals surface area (Å²) in [6, 6.07) is 34.6. The lowest BCUT2D eigenvalue weighted by Gasteiger charge is -2.20. The van der Waals surface area contributed by atoms with Crippen LogP contribution in [0.3, 0.4) is 0 Å². The Kier molecular flexibility index (Phi) is 8.08. The molecule has 0 bridgehead atoms. The fourth-order valence-corrected chi connectivity index (χ4v) is 4.90. The maximum absolute atomic E-state index is 16.3. The van der Waals surface area contributed by atoms with Crippen molar-refractivity contribution in [2.24, 2.45) is 0 Å². The van der Waals surface area contributed by atoms with Crippen molar-refractivity contribution < 1.29 is 22.3 Å². The first-order valence-electron chi connectivity index (χ1n) is 11.1. The lowest BCUT2D eigenvalue weighted by molar-refractivity contribution is 0.0484. The van der Waals surface area contributed by atoms with Crippen molar-refractivity contribution in [3.05, 3.63) is 143 Å². The molecule has 0 aliphatic rings. The average molecular weight is 489 g/mol. The Bertz CT molecular complexity index is 1340. The zero-order valence-corrected chi connectivity index (χ0v) is 19.8. The highest BCUT2D eigenvalue weighted by Crippen LogP contribution is 2.34. The monoisotopic (exact) mass is 488 g/mol. The first-order chi connectivity index (χ1) is 17.1. The molecule has 0 heterocycles. The molecule has 1 unspecified atom stereocenters. The smallest absolute Gasteiger partial charge is 0.208 e. The number of halogens is 1. The van der Waals surface area contributed by atoms with Crippen molar-refractivity contribution >= 4 is 9.84 Å². The van der Waals surface area contributed by atoms with Gasteiger partial charge in [0.15, 0.2) is 5.83 Å². The molecule has 4 nitrogen and oxygen atoms in total. The molecule has 0 amide bonds. The average Bonchev–Trinajstić information content (AvgIpc) is 2.91. The largest absolute Gasteiger partial charge is 0.488 e. The molecular formula is C29H25FO4S. The van der Waals surface area contributed by atoms with E-state index >= 15 is 4.39 Å². The van der Waals surface area contributed by atoms with Gasteiger partial charge < -0.3 is 9.47 Å². The summed E-state index contributed by atoms with van der Waals surface area (Å²) in [5, 5.41) is 0. The van der Waals surface area contributed by atoms with Crippen LogP contribution >= 0.6 is 0 Å². The van der Waals surface area contributed by atoms with Crippen LogP contribution in [0.4, 0.5) is 4.39 Å². The second-order valence-corrected chi connectivity index (χ2v) is 9.75. The minimum Gasteiger partial charge on any atom is -0.488 e. The molecule has 4 aromatic rings. The van der Waals surface area contributed by atoms with Gasteiger partial charge in [-0.2, -0.15) is 0 Å². The van der Waals surface area contributed by atoms with Crippen molar-refractivity contribution in [2.45, 2.75) is 17.6 Å². The molecule has 35 heavy (non-hydrogen) atoms. The summed E-state index contributed by atoms with van der Waals surface area (Å²) in [6.45, 7) is -0.378. The number of para-hydroxylation sites is 1. The van der Waals surface area contributed by atoms with Gasteiger partial charge in [0, 0.05) is 0 Å². The Labute approximate surface area is 205 Å². The van der Waals surface area contributed by atoms with Gasteiger partial charge >= 0.3 is 0 Å². The van der Waals surface area contributed by atoms with E-state index in [1.807, 2.05) is 36.4 Å². The molecule has 0 radical (unpaired) electrons. The fourth-order valence-electron chi connectivity index (χ4n) is 3.53. The molecule has 178 valence electrons. The summed E-state index contributed by atoms with van der Waals surface area (Å²) in [6.07, 6.45) is -1.23. The van der Waals surface area contributed by atoms with E-state index in [1.165, 1.54) is 12.1 Å². The molecule has 0 saturated carbocycles. The van der Waals surface area contributed by atoms with Crippen LogP contribution in [0.25, 0.3) is 0 Å². The predicted molar refractivity (Wildman–Crippen MR) is 134 cm³/mol. The van der Waals surface area contributed by atoms with E-state index in [4.69, 9.17) is 9.47 Å². The van der Waals surface area contributed by atoms with Crippen molar-refractivity contribution in [1.82, 2.24) is 0 Å². The summed E-state index contributed by atoms with van der Waals surface area (Å²) < 4.78 is 55.1. The normalized spacial score (nSPS) is 13.1. The van der Waals surface area contributed by atoms with Crippen molar-refractivity contribution in [2.75, 3.05) is 6.61 Å². The van der Waals surface area contributed by atoms with Crippen LogP contribution < -0.4 is 4.74 Å². The molecule has 0 fully saturated rings. The molecule has 0 aliphatic heterocycles. The zero-order valence-electron chi connectivity index (χ0n) is 19.0. The summed E-state index contributed by atoms with van der Waals surface area (Å²) >= 11 is 0. The SMILES string of the molecule is O=S(=O)(/C(COc1ccccc1)=C(/F)C(OCc1ccccc1)c1ccccc1)c1ccccc1. The third-order valence-electron chi connectivity index (χ3n) is 5.35. The van der Waals surface area contributed by atoms with Crippen LogP contribution in [0.2, 0.25) is 0 Å². The molecule has 0 aliphatic carbocycles. The van der Waals surface area contributed by atoms with Gasteiger partial charge in [-0.05, 0) is 35.4 Å². The van der Waals surface area contributed by atoms with Crippen molar-refractivity contribution in [3.63, 3.8) is 0 Å². The van der Waals surface area contributed by atoms with E-state index < -0.39 is 33.3 Å². The molecule has 4 rings (SSSR count). The third kappa shape index (κ3) is 6.23. The van der Waals surface area contributed by atoms with Crippen LogP contribution in [0.5, 0.6) is 5.75 Å². The van der Waals surface area contributed by atoms with Crippen LogP contribution in [0.15, 0.2) is 137 Å². The van der Waals surface area contributed by atoms with Crippen molar-refractivity contribution in [1.29, 1.82) is 0 Å². The summed E-state index contributed by atoms with van der Waals surface area (Å²) in [7, 11) is -4.21. The number of hydrogen-bond acceptors (Lipinski definition) is 4. The summed E-state index contributed by atoms with van der Waals surface area (Å²) in [4.78, 5) is -0.494. The molecule has 0 spiro atoms. The molecule has 0 aromatic heterocycles. The predicted octanol–water partition coefficient (Wildman–Crippen LogP) is 6.68. The molecule has 0 saturated heterocycles. The lowest BCUT2D eigenvalue weighted by Crippen LogP contribution is -2.18. The maximum atomic E-state index is 16.3. The first-order valence-corrected chi connectivity index (χ1v) is 12.6. The minimum atomic E-state index is -4.21. The molecule has 4 aromatic carbocycles. The highest BCUT2D eigenvalue weighted by atomic mass is 32.2. The van der Waals surface area contributed by atoms with Crippen LogP contribution in [-0.4, -0.2) is 15.0 Å². The Morgan fingerprint density at radius 1 is 0.714 bits per heavy atom. The van der Waals surface area contributed by atoms with Gasteiger partial charge in [-0.25, -0.2) is 12.8 Å². The molecular weight excluding hydrogens is 463 g/mol. The van der Waals surface area contributed by atoms with Gasteiger partial charge in [0.25, 0.3) is 0 Å². The second kappa shape index (κ2) is 11.6. The number of hydrogen-bond donors (Lipinski definition) is 0. The second-order valence-electron chi connectivity index (χ2n) is 7.78. The van der Waals surface area contributed by atoms with Crippen molar-refractivity contribution in [3.8, 4) is 5.75 Å². The van der Waals surface area contributed by atoms with Gasteiger partial charge in [-0.15, -0.1) is 0 Å². The first kappa shape index (κ1) is 24.4. The third-order valence-corrected chi connectivity index (χ3v) is 7.20. The highest BCUT2D eigenvalue weighted by molar-refractivity contribution is 7.95. The highest BCUT2D eigenvalue weighted by Gasteiger charge is 2.31.